The smallest absolute Gasteiger partial charge is 0.178 e. The number of aromatic nitrogens is 3. The number of rotatable bonds is 2. The maximum atomic E-state index is 10.0. The summed E-state index contributed by atoms with van der Waals surface area (Å²) in [4.78, 5) is 0. The third kappa shape index (κ3) is 2.85. The van der Waals surface area contributed by atoms with Gasteiger partial charge in [0, 0.05) is 13.0 Å². The van der Waals surface area contributed by atoms with Crippen LogP contribution in [-0.2, 0) is 13.0 Å². The quantitative estimate of drug-likeness (QED) is 0.517. The second-order valence-electron chi connectivity index (χ2n) is 4.63. The summed E-state index contributed by atoms with van der Waals surface area (Å²) >= 11 is 11.7. The Morgan fingerprint density at radius 1 is 1.37 bits per heavy atom. The van der Waals surface area contributed by atoms with Crippen LogP contribution in [0.2, 0.25) is 0 Å². The van der Waals surface area contributed by atoms with Gasteiger partial charge in [0.05, 0.1) is 0 Å². The minimum absolute atomic E-state index is 0.0202. The van der Waals surface area contributed by atoms with E-state index >= 15 is 0 Å². The molecule has 7 heteroatoms. The van der Waals surface area contributed by atoms with E-state index in [0.717, 1.165) is 38.1 Å². The van der Waals surface area contributed by atoms with Crippen LogP contribution in [0.3, 0.4) is 0 Å². The average Bonchev–Trinajstić information content (AvgIpc) is 2.59. The molecular formula is C12H14Cl2N4O. The highest BCUT2D eigenvalue weighted by Crippen LogP contribution is 2.33. The van der Waals surface area contributed by atoms with Crippen molar-refractivity contribution in [1.29, 1.82) is 5.26 Å². The fraction of sp³-hybridized carbons (Fsp3) is 0.583. The Morgan fingerprint density at radius 2 is 2.11 bits per heavy atom. The van der Waals surface area contributed by atoms with E-state index in [1.165, 1.54) is 6.92 Å². The van der Waals surface area contributed by atoms with Gasteiger partial charge < -0.3 is 9.67 Å². The van der Waals surface area contributed by atoms with Crippen LogP contribution in [0.5, 0.6) is 0 Å². The van der Waals surface area contributed by atoms with Gasteiger partial charge in [0.25, 0.3) is 0 Å². The van der Waals surface area contributed by atoms with Crippen LogP contribution in [0.15, 0.2) is 5.76 Å². The molecule has 5 nitrogen and oxygen atoms in total. The van der Waals surface area contributed by atoms with Crippen LogP contribution in [0.1, 0.15) is 37.8 Å². The van der Waals surface area contributed by atoms with E-state index in [9.17, 15) is 10.4 Å². The van der Waals surface area contributed by atoms with Gasteiger partial charge in [-0.2, -0.15) is 5.26 Å². The summed E-state index contributed by atoms with van der Waals surface area (Å²) in [6.45, 7) is 2.14. The largest absolute Gasteiger partial charge is 0.508 e. The van der Waals surface area contributed by atoms with Crippen molar-refractivity contribution in [3.8, 4) is 6.07 Å². The van der Waals surface area contributed by atoms with Crippen LogP contribution in [0.4, 0.5) is 0 Å². The summed E-state index contributed by atoms with van der Waals surface area (Å²) in [5.41, 5.74) is -0.0202. The monoisotopic (exact) mass is 300 g/mol. The maximum Gasteiger partial charge on any atom is 0.178 e. The third-order valence-electron chi connectivity index (χ3n) is 3.10. The molecule has 0 unspecified atom stereocenters. The summed E-state index contributed by atoms with van der Waals surface area (Å²) in [6, 6.07) is 1.92. The van der Waals surface area contributed by atoms with Gasteiger partial charge in [-0.05, 0) is 19.8 Å². The summed E-state index contributed by atoms with van der Waals surface area (Å²) in [7, 11) is 0. The number of hydrogen-bond donors (Lipinski definition) is 1. The van der Waals surface area contributed by atoms with Crippen molar-refractivity contribution in [1.82, 2.24) is 14.8 Å². The molecule has 0 aromatic carbocycles. The van der Waals surface area contributed by atoms with Crippen molar-refractivity contribution < 1.29 is 5.11 Å². The van der Waals surface area contributed by atoms with E-state index in [4.69, 9.17) is 23.2 Å². The van der Waals surface area contributed by atoms with Gasteiger partial charge in [0.1, 0.15) is 23.2 Å². The molecule has 1 N–H and O–H groups in total. The molecule has 0 spiro atoms. The molecule has 2 rings (SSSR count). The number of alkyl halides is 2. The van der Waals surface area contributed by atoms with Crippen molar-refractivity contribution in [3.05, 3.63) is 17.4 Å². The number of hydrogen-bond acceptors (Lipinski definition) is 4. The van der Waals surface area contributed by atoms with Crippen LogP contribution < -0.4 is 0 Å². The SMILES string of the molecule is CC(Cl)(Cl)C(O)=C(C#N)c1nnc2n1CCCCC2. The minimum Gasteiger partial charge on any atom is -0.508 e. The zero-order valence-electron chi connectivity index (χ0n) is 10.5. The molecule has 0 atom stereocenters. The van der Waals surface area contributed by atoms with Crippen molar-refractivity contribution in [2.75, 3.05) is 0 Å². The molecule has 1 aliphatic rings. The lowest BCUT2D eigenvalue weighted by atomic mass is 10.2. The molecule has 0 amide bonds. The fourth-order valence-electron chi connectivity index (χ4n) is 2.10. The number of halogens is 2. The third-order valence-corrected chi connectivity index (χ3v) is 3.46. The van der Waals surface area contributed by atoms with Crippen LogP contribution in [0.25, 0.3) is 5.57 Å². The Labute approximate surface area is 121 Å². The predicted molar refractivity (Wildman–Crippen MR) is 72.8 cm³/mol. The van der Waals surface area contributed by atoms with Crippen molar-refractivity contribution in [3.63, 3.8) is 0 Å². The number of nitriles is 1. The molecule has 19 heavy (non-hydrogen) atoms. The fourth-order valence-corrected chi connectivity index (χ4v) is 2.29. The number of fused-ring (bicyclic) bond motifs is 1. The highest BCUT2D eigenvalue weighted by Gasteiger charge is 2.30. The molecule has 1 aliphatic heterocycles. The lowest BCUT2D eigenvalue weighted by Gasteiger charge is -2.14. The van der Waals surface area contributed by atoms with Crippen LogP contribution in [-0.4, -0.2) is 24.2 Å². The molecule has 1 aromatic rings. The molecule has 1 aromatic heterocycles. The lowest BCUT2D eigenvalue weighted by molar-refractivity contribution is 0.389. The van der Waals surface area contributed by atoms with Gasteiger partial charge in [0.15, 0.2) is 10.2 Å². The zero-order valence-corrected chi connectivity index (χ0v) is 12.0. The summed E-state index contributed by atoms with van der Waals surface area (Å²) in [5.74, 6) is 0.779. The van der Waals surface area contributed by atoms with Crippen molar-refractivity contribution >= 4 is 28.8 Å². The van der Waals surface area contributed by atoms with Gasteiger partial charge in [-0.25, -0.2) is 0 Å². The van der Waals surface area contributed by atoms with E-state index < -0.39 is 10.1 Å². The van der Waals surface area contributed by atoms with Gasteiger partial charge in [0.2, 0.25) is 0 Å². The molecule has 0 saturated heterocycles. The van der Waals surface area contributed by atoms with E-state index in [-0.39, 0.29) is 5.57 Å². The summed E-state index contributed by atoms with van der Waals surface area (Å²) < 4.78 is 0.337. The molecule has 0 radical (unpaired) electrons. The Morgan fingerprint density at radius 3 is 2.74 bits per heavy atom. The first-order chi connectivity index (χ1) is 8.95. The molecule has 0 fully saturated rings. The first-order valence-electron chi connectivity index (χ1n) is 6.09. The molecule has 0 saturated carbocycles. The van der Waals surface area contributed by atoms with Gasteiger partial charge >= 0.3 is 0 Å². The standard InChI is InChI=1S/C12H14Cl2N4O/c1-12(13,14)10(19)8(7-15)11-17-16-9-5-3-2-4-6-18(9)11/h19H,2-6H2,1H3. The molecule has 2 heterocycles. The second kappa shape index (κ2) is 5.40. The number of aliphatic hydroxyl groups is 1. The lowest BCUT2D eigenvalue weighted by Crippen LogP contribution is -2.14. The van der Waals surface area contributed by atoms with Crippen LogP contribution >= 0.6 is 23.2 Å². The van der Waals surface area contributed by atoms with Gasteiger partial charge in [-0.1, -0.05) is 29.6 Å². The topological polar surface area (TPSA) is 74.7 Å². The average molecular weight is 301 g/mol. The van der Waals surface area contributed by atoms with Crippen molar-refractivity contribution in [2.24, 2.45) is 0 Å². The Kier molecular flexibility index (Phi) is 4.02. The van der Waals surface area contributed by atoms with E-state index in [1.807, 2.05) is 10.6 Å². The predicted octanol–water partition coefficient (Wildman–Crippen LogP) is 2.99. The molecule has 102 valence electrons. The summed E-state index contributed by atoms with van der Waals surface area (Å²) in [5, 5.41) is 27.3. The van der Waals surface area contributed by atoms with E-state index in [0.29, 0.717) is 5.82 Å². The highest BCUT2D eigenvalue weighted by molar-refractivity contribution is 6.50. The van der Waals surface area contributed by atoms with Gasteiger partial charge in [-0.3, -0.25) is 0 Å². The van der Waals surface area contributed by atoms with Gasteiger partial charge in [-0.15, -0.1) is 10.2 Å². The van der Waals surface area contributed by atoms with E-state index in [2.05, 4.69) is 10.2 Å². The van der Waals surface area contributed by atoms with Crippen molar-refractivity contribution in [2.45, 2.75) is 43.5 Å². The Bertz CT molecular complexity index is 551. The first kappa shape index (κ1) is 14.2. The first-order valence-corrected chi connectivity index (χ1v) is 6.85. The molecule has 0 bridgehead atoms. The van der Waals surface area contributed by atoms with E-state index in [1.54, 1.807) is 0 Å². The van der Waals surface area contributed by atoms with Crippen LogP contribution in [0, 0.1) is 11.3 Å². The Hall–Kier alpha value is -1.25. The number of nitrogens with zero attached hydrogens (tertiary/aromatic N) is 4. The number of allylic oxidation sites excluding steroid dienone is 2. The molecule has 0 aliphatic carbocycles. The second-order valence-corrected chi connectivity index (χ2v) is 6.33. The minimum atomic E-state index is -1.53. The normalized spacial score (nSPS) is 17.2. The number of aliphatic hydroxyl groups excluding tert-OH is 1. The number of aryl methyl sites for hydroxylation is 1. The zero-order chi connectivity index (χ0) is 14.0. The summed E-state index contributed by atoms with van der Waals surface area (Å²) in [6.07, 6.45) is 3.99. The Balaban J connectivity index is 2.52. The molecular weight excluding hydrogens is 287 g/mol. The maximum absolute atomic E-state index is 10.0. The highest BCUT2D eigenvalue weighted by atomic mass is 35.5.